The smallest absolute Gasteiger partial charge is 0.375 e. The number of benzene rings is 1. The lowest BCUT2D eigenvalue weighted by molar-refractivity contribution is -0.164. The fourth-order valence-corrected chi connectivity index (χ4v) is 1.57. The standard InChI is InChI=1S/C13H18F2N2O2/c1-17(9-11-5-3-2-4-6-11)8-7-16-10-13(14,15)12(18)19/h2-6,16H,7-10H2,1H3,(H,18,19). The lowest BCUT2D eigenvalue weighted by Crippen LogP contribution is -2.41. The normalized spacial score (nSPS) is 11.8. The third-order valence-corrected chi connectivity index (χ3v) is 2.63. The van der Waals surface area contributed by atoms with E-state index in [1.165, 1.54) is 0 Å². The molecule has 0 unspecified atom stereocenters. The Balaban J connectivity index is 2.21. The van der Waals surface area contributed by atoms with Gasteiger partial charge in [0, 0.05) is 19.6 Å². The Bertz CT molecular complexity index is 399. The number of halogens is 2. The van der Waals surface area contributed by atoms with Gasteiger partial charge in [-0.05, 0) is 12.6 Å². The van der Waals surface area contributed by atoms with Gasteiger partial charge in [-0.1, -0.05) is 30.3 Å². The molecule has 0 saturated carbocycles. The molecule has 2 N–H and O–H groups in total. The molecule has 0 amide bonds. The van der Waals surface area contributed by atoms with E-state index in [-0.39, 0.29) is 0 Å². The van der Waals surface area contributed by atoms with Crippen LogP contribution in [-0.2, 0) is 11.3 Å². The Morgan fingerprint density at radius 2 is 2.00 bits per heavy atom. The number of nitrogens with zero attached hydrogens (tertiary/aromatic N) is 1. The molecule has 0 fully saturated rings. The van der Waals surface area contributed by atoms with Gasteiger partial charge in [-0.25, -0.2) is 4.79 Å². The van der Waals surface area contributed by atoms with Crippen molar-refractivity contribution in [1.82, 2.24) is 10.2 Å². The molecule has 0 radical (unpaired) electrons. The fraction of sp³-hybridized carbons (Fsp3) is 0.462. The highest BCUT2D eigenvalue weighted by atomic mass is 19.3. The molecule has 0 bridgehead atoms. The SMILES string of the molecule is CN(CCNCC(F)(F)C(=O)O)Cc1ccccc1. The molecular formula is C13H18F2N2O2. The van der Waals surface area contributed by atoms with Crippen molar-refractivity contribution >= 4 is 5.97 Å². The molecule has 1 rings (SSSR count). The van der Waals surface area contributed by atoms with Gasteiger partial charge in [-0.15, -0.1) is 0 Å². The van der Waals surface area contributed by atoms with Crippen LogP contribution >= 0.6 is 0 Å². The van der Waals surface area contributed by atoms with Gasteiger partial charge in [0.15, 0.2) is 0 Å². The second-order valence-electron chi connectivity index (χ2n) is 4.41. The lowest BCUT2D eigenvalue weighted by Gasteiger charge is -2.18. The van der Waals surface area contributed by atoms with Crippen LogP contribution in [0.1, 0.15) is 5.56 Å². The highest BCUT2D eigenvalue weighted by Gasteiger charge is 2.37. The Morgan fingerprint density at radius 1 is 1.37 bits per heavy atom. The average molecular weight is 272 g/mol. The van der Waals surface area contributed by atoms with Crippen molar-refractivity contribution in [1.29, 1.82) is 0 Å². The molecule has 4 nitrogen and oxygen atoms in total. The summed E-state index contributed by atoms with van der Waals surface area (Å²) in [5.74, 6) is -5.81. The van der Waals surface area contributed by atoms with Crippen molar-refractivity contribution in [2.24, 2.45) is 0 Å². The van der Waals surface area contributed by atoms with Crippen LogP contribution in [0.5, 0.6) is 0 Å². The Labute approximate surface area is 111 Å². The van der Waals surface area contributed by atoms with Gasteiger partial charge in [0.2, 0.25) is 0 Å². The number of nitrogens with one attached hydrogen (secondary N) is 1. The van der Waals surface area contributed by atoms with Crippen LogP contribution in [0.2, 0.25) is 0 Å². The second-order valence-corrected chi connectivity index (χ2v) is 4.41. The van der Waals surface area contributed by atoms with Crippen LogP contribution in [0.15, 0.2) is 30.3 Å². The predicted octanol–water partition coefficient (Wildman–Crippen LogP) is 1.43. The topological polar surface area (TPSA) is 52.6 Å². The van der Waals surface area contributed by atoms with Crippen molar-refractivity contribution in [3.63, 3.8) is 0 Å². The van der Waals surface area contributed by atoms with E-state index in [0.29, 0.717) is 13.1 Å². The molecule has 0 spiro atoms. The summed E-state index contributed by atoms with van der Waals surface area (Å²) in [7, 11) is 1.88. The third kappa shape index (κ3) is 5.76. The molecule has 106 valence electrons. The predicted molar refractivity (Wildman–Crippen MR) is 68.2 cm³/mol. The molecular weight excluding hydrogens is 254 g/mol. The summed E-state index contributed by atoms with van der Waals surface area (Å²) in [6, 6.07) is 9.79. The van der Waals surface area contributed by atoms with E-state index < -0.39 is 18.4 Å². The second kappa shape index (κ2) is 7.16. The molecule has 1 aromatic rings. The van der Waals surface area contributed by atoms with Crippen LogP contribution < -0.4 is 5.32 Å². The number of rotatable bonds is 8. The molecule has 0 aliphatic heterocycles. The van der Waals surface area contributed by atoms with E-state index in [1.54, 1.807) is 0 Å². The number of hydrogen-bond acceptors (Lipinski definition) is 3. The maximum absolute atomic E-state index is 12.7. The minimum Gasteiger partial charge on any atom is -0.477 e. The summed E-state index contributed by atoms with van der Waals surface area (Å²) in [6.45, 7) is 0.746. The zero-order valence-corrected chi connectivity index (χ0v) is 10.8. The first-order valence-electron chi connectivity index (χ1n) is 5.96. The van der Waals surface area contributed by atoms with Crippen LogP contribution in [0.4, 0.5) is 8.78 Å². The van der Waals surface area contributed by atoms with Crippen molar-refractivity contribution < 1.29 is 18.7 Å². The first-order chi connectivity index (χ1) is 8.92. The molecule has 0 heterocycles. The summed E-state index contributed by atoms with van der Waals surface area (Å²) in [6.07, 6.45) is 0. The van der Waals surface area contributed by atoms with E-state index in [9.17, 15) is 13.6 Å². The van der Waals surface area contributed by atoms with E-state index in [4.69, 9.17) is 5.11 Å². The molecule has 0 aliphatic carbocycles. The Morgan fingerprint density at radius 3 is 2.58 bits per heavy atom. The molecule has 0 atom stereocenters. The Hall–Kier alpha value is -1.53. The third-order valence-electron chi connectivity index (χ3n) is 2.63. The summed E-state index contributed by atoms with van der Waals surface area (Å²) >= 11 is 0. The minimum absolute atomic E-state index is 0.312. The summed E-state index contributed by atoms with van der Waals surface area (Å²) in [4.78, 5) is 12.2. The molecule has 0 aliphatic rings. The monoisotopic (exact) mass is 272 g/mol. The van der Waals surface area contributed by atoms with E-state index in [0.717, 1.165) is 12.1 Å². The summed E-state index contributed by atoms with van der Waals surface area (Å²) in [5, 5.41) is 10.7. The van der Waals surface area contributed by atoms with E-state index >= 15 is 0 Å². The number of carboxylic acid groups (broad SMARTS) is 1. The lowest BCUT2D eigenvalue weighted by atomic mass is 10.2. The van der Waals surface area contributed by atoms with Gasteiger partial charge in [0.1, 0.15) is 0 Å². The van der Waals surface area contributed by atoms with E-state index in [1.807, 2.05) is 42.3 Å². The van der Waals surface area contributed by atoms with Gasteiger partial charge < -0.3 is 15.3 Å². The largest absolute Gasteiger partial charge is 0.477 e. The molecule has 0 aromatic heterocycles. The number of aliphatic carboxylic acids is 1. The van der Waals surface area contributed by atoms with Crippen molar-refractivity contribution in [2.75, 3.05) is 26.7 Å². The van der Waals surface area contributed by atoms with Crippen LogP contribution in [0.25, 0.3) is 0 Å². The maximum Gasteiger partial charge on any atom is 0.375 e. The van der Waals surface area contributed by atoms with Crippen LogP contribution in [0, 0.1) is 0 Å². The molecule has 0 saturated heterocycles. The van der Waals surface area contributed by atoms with Crippen LogP contribution in [-0.4, -0.2) is 48.6 Å². The first-order valence-corrected chi connectivity index (χ1v) is 5.96. The van der Waals surface area contributed by atoms with E-state index in [2.05, 4.69) is 5.32 Å². The van der Waals surface area contributed by atoms with Gasteiger partial charge in [0.05, 0.1) is 6.54 Å². The number of carboxylic acids is 1. The van der Waals surface area contributed by atoms with Gasteiger partial charge in [-0.3, -0.25) is 0 Å². The molecule has 19 heavy (non-hydrogen) atoms. The fourth-order valence-electron chi connectivity index (χ4n) is 1.57. The highest BCUT2D eigenvalue weighted by Crippen LogP contribution is 2.11. The summed E-state index contributed by atoms with van der Waals surface area (Å²) < 4.78 is 25.5. The number of alkyl halides is 2. The Kier molecular flexibility index (Phi) is 5.85. The quantitative estimate of drug-likeness (QED) is 0.703. The maximum atomic E-state index is 12.7. The zero-order chi connectivity index (χ0) is 14.3. The van der Waals surface area contributed by atoms with Gasteiger partial charge in [-0.2, -0.15) is 8.78 Å². The molecule has 6 heteroatoms. The highest BCUT2D eigenvalue weighted by molar-refractivity contribution is 5.75. The van der Waals surface area contributed by atoms with Crippen molar-refractivity contribution in [3.05, 3.63) is 35.9 Å². The first kappa shape index (κ1) is 15.5. The molecule has 1 aromatic carbocycles. The number of hydrogen-bond donors (Lipinski definition) is 2. The van der Waals surface area contributed by atoms with Crippen molar-refractivity contribution in [2.45, 2.75) is 12.5 Å². The average Bonchev–Trinajstić information content (AvgIpc) is 2.36. The van der Waals surface area contributed by atoms with Crippen LogP contribution in [0.3, 0.4) is 0 Å². The minimum atomic E-state index is -3.71. The zero-order valence-electron chi connectivity index (χ0n) is 10.8. The van der Waals surface area contributed by atoms with Crippen molar-refractivity contribution in [3.8, 4) is 0 Å². The number of carbonyl (C=O) groups is 1. The number of likely N-dealkylation sites (N-methyl/N-ethyl adjacent to an activating group) is 1. The van der Waals surface area contributed by atoms with Gasteiger partial charge in [0.25, 0.3) is 0 Å². The van der Waals surface area contributed by atoms with Gasteiger partial charge >= 0.3 is 11.9 Å². The summed E-state index contributed by atoms with van der Waals surface area (Å²) in [5.41, 5.74) is 1.14.